The molecule has 0 spiro atoms. The predicted octanol–water partition coefficient (Wildman–Crippen LogP) is 3.72. The molecule has 1 N–H and O–H groups in total. The van der Waals surface area contributed by atoms with Crippen LogP contribution in [0.3, 0.4) is 0 Å². The zero-order valence-corrected chi connectivity index (χ0v) is 13.6. The summed E-state index contributed by atoms with van der Waals surface area (Å²) < 4.78 is 2.01. The fourth-order valence-corrected chi connectivity index (χ4v) is 3.28. The number of anilines is 2. The van der Waals surface area contributed by atoms with E-state index < -0.39 is 0 Å². The molecule has 0 saturated carbocycles. The minimum absolute atomic E-state index is 0.483. The lowest BCUT2D eigenvalue weighted by Crippen LogP contribution is -1.98. The molecule has 4 heterocycles. The van der Waals surface area contributed by atoms with Crippen LogP contribution in [0, 0.1) is 6.92 Å². The third kappa shape index (κ3) is 2.55. The second-order valence-electron chi connectivity index (χ2n) is 5.19. The molecule has 6 nitrogen and oxygen atoms in total. The molecule has 0 atom stereocenters. The van der Waals surface area contributed by atoms with Gasteiger partial charge in [0, 0.05) is 12.4 Å². The van der Waals surface area contributed by atoms with E-state index in [4.69, 9.17) is 0 Å². The topological polar surface area (TPSA) is 72.2 Å². The quantitative estimate of drug-likeness (QED) is 0.576. The van der Waals surface area contributed by atoms with Crippen molar-refractivity contribution in [2.45, 2.75) is 6.92 Å². The monoisotopic (exact) mass is 335 g/mol. The third-order valence-electron chi connectivity index (χ3n) is 3.58. The molecule has 0 radical (unpaired) electrons. The Bertz CT molecular complexity index is 1040. The predicted molar refractivity (Wildman–Crippen MR) is 93.9 cm³/mol. The van der Waals surface area contributed by atoms with Crippen LogP contribution in [-0.2, 0) is 0 Å². The van der Waals surface area contributed by atoms with Gasteiger partial charge >= 0.3 is 0 Å². The Morgan fingerprint density at radius 2 is 2.08 bits per heavy atom. The molecule has 24 heavy (non-hydrogen) atoms. The standard InChI is InChI=1S/C17H13N5OS/c1-11-16(22-9-3-2-4-14(22)19-11)13-7-8-18-17(20-13)21-15-6-5-12(10-23)24-15/h2-10H,1H3,(H,18,20,21). The Kier molecular flexibility index (Phi) is 3.55. The van der Waals surface area contributed by atoms with Gasteiger partial charge in [0.05, 0.1) is 27.0 Å². The van der Waals surface area contributed by atoms with Crippen molar-refractivity contribution in [3.05, 3.63) is 59.4 Å². The molecule has 7 heteroatoms. The first-order valence-corrected chi connectivity index (χ1v) is 8.15. The molecule has 4 aromatic heterocycles. The molecule has 0 fully saturated rings. The van der Waals surface area contributed by atoms with Gasteiger partial charge in [-0.1, -0.05) is 6.07 Å². The van der Waals surface area contributed by atoms with Crippen LogP contribution in [0.25, 0.3) is 17.0 Å². The van der Waals surface area contributed by atoms with Crippen LogP contribution in [0.4, 0.5) is 10.9 Å². The summed E-state index contributed by atoms with van der Waals surface area (Å²) in [4.78, 5) is 24.9. The normalized spacial score (nSPS) is 10.9. The van der Waals surface area contributed by atoms with Crippen molar-refractivity contribution in [2.24, 2.45) is 0 Å². The van der Waals surface area contributed by atoms with Crippen molar-refractivity contribution in [3.8, 4) is 11.4 Å². The van der Waals surface area contributed by atoms with Crippen molar-refractivity contribution < 1.29 is 4.79 Å². The van der Waals surface area contributed by atoms with Gasteiger partial charge in [-0.15, -0.1) is 11.3 Å². The number of fused-ring (bicyclic) bond motifs is 1. The maximum Gasteiger partial charge on any atom is 0.228 e. The van der Waals surface area contributed by atoms with Gasteiger partial charge in [-0.25, -0.2) is 15.0 Å². The van der Waals surface area contributed by atoms with Crippen molar-refractivity contribution in [3.63, 3.8) is 0 Å². The molecule has 0 aliphatic rings. The lowest BCUT2D eigenvalue weighted by atomic mass is 10.2. The average Bonchev–Trinajstić information content (AvgIpc) is 3.18. The lowest BCUT2D eigenvalue weighted by Gasteiger charge is -2.05. The van der Waals surface area contributed by atoms with Gasteiger partial charge in [-0.05, 0) is 37.3 Å². The maximum absolute atomic E-state index is 10.8. The minimum Gasteiger partial charge on any atom is -0.316 e. The van der Waals surface area contributed by atoms with Gasteiger partial charge in [0.25, 0.3) is 0 Å². The van der Waals surface area contributed by atoms with Gasteiger partial charge < -0.3 is 5.32 Å². The van der Waals surface area contributed by atoms with Gasteiger partial charge in [0.1, 0.15) is 5.65 Å². The van der Waals surface area contributed by atoms with Gasteiger partial charge in [-0.2, -0.15) is 0 Å². The zero-order chi connectivity index (χ0) is 16.5. The number of thiophene rings is 1. The Morgan fingerprint density at radius 3 is 2.92 bits per heavy atom. The van der Waals surface area contributed by atoms with Crippen LogP contribution < -0.4 is 5.32 Å². The number of aryl methyl sites for hydroxylation is 1. The number of aromatic nitrogens is 4. The van der Waals surface area contributed by atoms with Crippen molar-refractivity contribution >= 4 is 34.2 Å². The molecule has 0 bridgehead atoms. The molecule has 0 aliphatic heterocycles. The van der Waals surface area contributed by atoms with Crippen LogP contribution in [0.5, 0.6) is 0 Å². The molecule has 0 saturated heterocycles. The number of hydrogen-bond donors (Lipinski definition) is 1. The third-order valence-corrected chi connectivity index (χ3v) is 4.51. The molecule has 0 amide bonds. The highest BCUT2D eigenvalue weighted by Gasteiger charge is 2.13. The number of rotatable bonds is 4. The number of imidazole rings is 1. The Morgan fingerprint density at radius 1 is 1.17 bits per heavy atom. The molecule has 4 aromatic rings. The number of carbonyl (C=O) groups is 1. The summed E-state index contributed by atoms with van der Waals surface area (Å²) in [6.45, 7) is 1.97. The number of aldehydes is 1. The second kappa shape index (κ2) is 5.86. The Balaban J connectivity index is 1.74. The first kappa shape index (κ1) is 14.5. The maximum atomic E-state index is 10.8. The summed E-state index contributed by atoms with van der Waals surface area (Å²) in [5.41, 5.74) is 3.52. The first-order valence-electron chi connectivity index (χ1n) is 7.34. The average molecular weight is 335 g/mol. The van der Waals surface area contributed by atoms with Crippen LogP contribution in [0.2, 0.25) is 0 Å². The van der Waals surface area contributed by atoms with E-state index in [1.54, 1.807) is 12.3 Å². The smallest absolute Gasteiger partial charge is 0.228 e. The lowest BCUT2D eigenvalue weighted by molar-refractivity contribution is 0.112. The molecule has 0 unspecified atom stereocenters. The largest absolute Gasteiger partial charge is 0.316 e. The van der Waals surface area contributed by atoms with E-state index in [1.165, 1.54) is 11.3 Å². The van der Waals surface area contributed by atoms with Crippen molar-refractivity contribution in [2.75, 3.05) is 5.32 Å². The van der Waals surface area contributed by atoms with E-state index in [9.17, 15) is 4.79 Å². The van der Waals surface area contributed by atoms with Crippen LogP contribution in [0.1, 0.15) is 15.4 Å². The molecular weight excluding hydrogens is 322 g/mol. The number of carbonyl (C=O) groups excluding carboxylic acids is 1. The van der Waals surface area contributed by atoms with E-state index in [0.29, 0.717) is 10.8 Å². The van der Waals surface area contributed by atoms with Crippen LogP contribution in [0.15, 0.2) is 48.8 Å². The summed E-state index contributed by atoms with van der Waals surface area (Å²) in [5.74, 6) is 0.483. The molecule has 0 aliphatic carbocycles. The Labute approximate surface area is 141 Å². The van der Waals surface area contributed by atoms with Crippen LogP contribution in [-0.4, -0.2) is 25.6 Å². The fraction of sp³-hybridized carbons (Fsp3) is 0.0588. The minimum atomic E-state index is 0.483. The van der Waals surface area contributed by atoms with Gasteiger partial charge in [-0.3, -0.25) is 9.20 Å². The number of hydrogen-bond acceptors (Lipinski definition) is 6. The van der Waals surface area contributed by atoms with Crippen molar-refractivity contribution in [1.29, 1.82) is 0 Å². The summed E-state index contributed by atoms with van der Waals surface area (Å²) in [6.07, 6.45) is 4.51. The molecule has 4 rings (SSSR count). The fourth-order valence-electron chi connectivity index (χ4n) is 2.57. The zero-order valence-electron chi connectivity index (χ0n) is 12.8. The Hall–Kier alpha value is -3.06. The molecular formula is C17H13N5OS. The molecule has 118 valence electrons. The van der Waals surface area contributed by atoms with E-state index in [2.05, 4.69) is 20.3 Å². The number of nitrogens with zero attached hydrogens (tertiary/aromatic N) is 4. The summed E-state index contributed by atoms with van der Waals surface area (Å²) in [5, 5.41) is 3.96. The summed E-state index contributed by atoms with van der Waals surface area (Å²) in [6, 6.07) is 11.3. The van der Waals surface area contributed by atoms with Crippen molar-refractivity contribution in [1.82, 2.24) is 19.4 Å². The highest BCUT2D eigenvalue weighted by Crippen LogP contribution is 2.26. The van der Waals surface area contributed by atoms with Gasteiger partial charge in [0.2, 0.25) is 5.95 Å². The second-order valence-corrected chi connectivity index (χ2v) is 6.30. The first-order chi connectivity index (χ1) is 11.7. The van der Waals surface area contributed by atoms with Gasteiger partial charge in [0.15, 0.2) is 6.29 Å². The van der Waals surface area contributed by atoms with Crippen LogP contribution >= 0.6 is 11.3 Å². The number of nitrogens with one attached hydrogen (secondary N) is 1. The summed E-state index contributed by atoms with van der Waals surface area (Å²) in [7, 11) is 0. The molecule has 0 aromatic carbocycles. The van der Waals surface area contributed by atoms with E-state index in [1.807, 2.05) is 47.9 Å². The highest BCUT2D eigenvalue weighted by molar-refractivity contribution is 7.17. The summed E-state index contributed by atoms with van der Waals surface area (Å²) >= 11 is 1.36. The van der Waals surface area contributed by atoms with E-state index >= 15 is 0 Å². The highest BCUT2D eigenvalue weighted by atomic mass is 32.1. The van der Waals surface area contributed by atoms with E-state index in [-0.39, 0.29) is 0 Å². The SMILES string of the molecule is Cc1nc2ccccn2c1-c1ccnc(Nc2ccc(C=O)s2)n1. The number of pyridine rings is 1. The van der Waals surface area contributed by atoms with E-state index in [0.717, 1.165) is 34.0 Å².